The largest absolute Gasteiger partial charge is 0.480 e. The van der Waals surface area contributed by atoms with Crippen molar-refractivity contribution in [2.75, 3.05) is 0 Å². The monoisotopic (exact) mass is 404 g/mol. The highest BCUT2D eigenvalue weighted by atomic mass is 16.4. The fraction of sp³-hybridized carbons (Fsp3) is 0.375. The first-order valence-electron chi connectivity index (χ1n) is 10.4. The van der Waals surface area contributed by atoms with Gasteiger partial charge in [-0.1, -0.05) is 56.3 Å². The molecule has 3 N–H and O–H groups in total. The molecule has 3 aliphatic rings. The number of carbonyl (C=O) groups is 3. The molecule has 6 heteroatoms. The lowest BCUT2D eigenvalue weighted by atomic mass is 9.75. The Bertz CT molecular complexity index is 1090. The number of rotatable bonds is 4. The molecule has 2 heterocycles. The van der Waals surface area contributed by atoms with Crippen LogP contribution in [0.2, 0.25) is 0 Å². The van der Waals surface area contributed by atoms with Crippen LogP contribution < -0.4 is 10.6 Å². The maximum atomic E-state index is 12.7. The van der Waals surface area contributed by atoms with Crippen molar-refractivity contribution in [2.24, 2.45) is 17.8 Å². The number of carboxylic acids is 1. The van der Waals surface area contributed by atoms with Crippen molar-refractivity contribution >= 4 is 17.8 Å². The summed E-state index contributed by atoms with van der Waals surface area (Å²) in [4.78, 5) is 37.8. The van der Waals surface area contributed by atoms with Crippen LogP contribution >= 0.6 is 0 Å². The van der Waals surface area contributed by atoms with Gasteiger partial charge >= 0.3 is 5.97 Å². The predicted octanol–water partition coefficient (Wildman–Crippen LogP) is 2.66. The van der Waals surface area contributed by atoms with E-state index in [1.54, 1.807) is 0 Å². The van der Waals surface area contributed by atoms with Crippen LogP contribution in [0.4, 0.5) is 0 Å². The van der Waals surface area contributed by atoms with E-state index in [-0.39, 0.29) is 12.3 Å². The van der Waals surface area contributed by atoms with E-state index in [1.165, 1.54) is 16.7 Å². The van der Waals surface area contributed by atoms with Crippen LogP contribution in [0.1, 0.15) is 43.0 Å². The molecule has 6 nitrogen and oxygen atoms in total. The van der Waals surface area contributed by atoms with Crippen LogP contribution in [0.5, 0.6) is 0 Å². The van der Waals surface area contributed by atoms with Gasteiger partial charge in [-0.25, -0.2) is 0 Å². The molecule has 2 aliphatic heterocycles. The van der Waals surface area contributed by atoms with Crippen LogP contribution in [0.15, 0.2) is 42.5 Å². The summed E-state index contributed by atoms with van der Waals surface area (Å²) < 4.78 is 0. The zero-order valence-electron chi connectivity index (χ0n) is 16.9. The second kappa shape index (κ2) is 6.51. The number of amides is 2. The van der Waals surface area contributed by atoms with Crippen LogP contribution in [-0.4, -0.2) is 28.4 Å². The third-order valence-electron chi connectivity index (χ3n) is 6.78. The lowest BCUT2D eigenvalue weighted by Gasteiger charge is -2.31. The molecule has 0 spiro atoms. The van der Waals surface area contributed by atoms with Gasteiger partial charge in [0.25, 0.3) is 0 Å². The molecule has 2 aromatic rings. The molecular formula is C24H24N2O4. The highest BCUT2D eigenvalue weighted by Crippen LogP contribution is 2.49. The van der Waals surface area contributed by atoms with Crippen molar-refractivity contribution in [3.05, 3.63) is 59.2 Å². The van der Waals surface area contributed by atoms with Gasteiger partial charge in [-0.2, -0.15) is 0 Å². The molecule has 2 amide bonds. The van der Waals surface area contributed by atoms with Gasteiger partial charge in [0.05, 0.1) is 11.8 Å². The van der Waals surface area contributed by atoms with E-state index in [1.807, 2.05) is 38.1 Å². The molecule has 154 valence electrons. The van der Waals surface area contributed by atoms with Crippen molar-refractivity contribution < 1.29 is 19.5 Å². The molecule has 0 radical (unpaired) electrons. The Labute approximate surface area is 174 Å². The molecule has 5 rings (SSSR count). The van der Waals surface area contributed by atoms with Crippen molar-refractivity contribution in [3.8, 4) is 11.1 Å². The van der Waals surface area contributed by atoms with Gasteiger partial charge in [0.2, 0.25) is 11.8 Å². The number of carboxylic acid groups (broad SMARTS) is 1. The van der Waals surface area contributed by atoms with Crippen LogP contribution in [0.3, 0.4) is 0 Å². The molecule has 2 saturated heterocycles. The number of nitrogens with one attached hydrogen (secondary N) is 2. The normalized spacial score (nSPS) is 29.0. The van der Waals surface area contributed by atoms with Gasteiger partial charge in [0.15, 0.2) is 0 Å². The van der Waals surface area contributed by atoms with Crippen LogP contribution in [-0.2, 0) is 20.8 Å². The number of hydrogen-bond acceptors (Lipinski definition) is 4. The summed E-state index contributed by atoms with van der Waals surface area (Å²) in [5.74, 6) is -3.55. The van der Waals surface area contributed by atoms with Crippen molar-refractivity contribution in [2.45, 2.75) is 38.3 Å². The minimum atomic E-state index is -1.46. The Morgan fingerprint density at radius 3 is 2.57 bits per heavy atom. The molecule has 1 aliphatic carbocycles. The molecule has 4 atom stereocenters. The quantitative estimate of drug-likeness (QED) is 0.581. The lowest BCUT2D eigenvalue weighted by Crippen LogP contribution is -2.56. The van der Waals surface area contributed by atoms with Gasteiger partial charge in [-0.3, -0.25) is 25.0 Å². The Morgan fingerprint density at radius 1 is 1.10 bits per heavy atom. The minimum absolute atomic E-state index is 0.0472. The predicted molar refractivity (Wildman–Crippen MR) is 111 cm³/mol. The van der Waals surface area contributed by atoms with Crippen molar-refractivity contribution in [1.82, 2.24) is 10.6 Å². The molecule has 0 bridgehead atoms. The summed E-state index contributed by atoms with van der Waals surface area (Å²) in [6, 6.07) is 13.8. The SMILES string of the molecule is CC(C)CC1(C(=O)O)NC(c2ccc3c(c2)Cc2ccccc2-3)C2C(=O)NC(=O)C21. The highest BCUT2D eigenvalue weighted by Gasteiger charge is 2.66. The smallest absolute Gasteiger partial charge is 0.324 e. The average molecular weight is 404 g/mol. The Morgan fingerprint density at radius 2 is 1.83 bits per heavy atom. The molecule has 2 fully saturated rings. The second-order valence-electron chi connectivity index (χ2n) is 9.10. The fourth-order valence-corrected chi connectivity index (χ4v) is 5.69. The Kier molecular flexibility index (Phi) is 4.12. The maximum Gasteiger partial charge on any atom is 0.324 e. The second-order valence-corrected chi connectivity index (χ2v) is 9.10. The van der Waals surface area contributed by atoms with Gasteiger partial charge in [0, 0.05) is 6.04 Å². The molecule has 2 aromatic carbocycles. The van der Waals surface area contributed by atoms with Gasteiger partial charge in [0.1, 0.15) is 5.54 Å². The van der Waals surface area contributed by atoms with Gasteiger partial charge < -0.3 is 5.11 Å². The topological polar surface area (TPSA) is 95.5 Å². The van der Waals surface area contributed by atoms with E-state index in [0.717, 1.165) is 17.5 Å². The van der Waals surface area contributed by atoms with Crippen molar-refractivity contribution in [1.29, 1.82) is 0 Å². The van der Waals surface area contributed by atoms with Crippen LogP contribution in [0, 0.1) is 17.8 Å². The summed E-state index contributed by atoms with van der Waals surface area (Å²) in [5, 5.41) is 15.8. The molecule has 4 unspecified atom stereocenters. The summed E-state index contributed by atoms with van der Waals surface area (Å²) in [5.41, 5.74) is 4.20. The summed E-state index contributed by atoms with van der Waals surface area (Å²) >= 11 is 0. The van der Waals surface area contributed by atoms with E-state index in [0.29, 0.717) is 0 Å². The number of fused-ring (bicyclic) bond motifs is 4. The first-order chi connectivity index (χ1) is 14.3. The summed E-state index contributed by atoms with van der Waals surface area (Å²) in [6.45, 7) is 3.85. The summed E-state index contributed by atoms with van der Waals surface area (Å²) in [6.07, 6.45) is 1.08. The number of hydrogen-bond donors (Lipinski definition) is 3. The number of carbonyl (C=O) groups excluding carboxylic acids is 2. The number of aliphatic carboxylic acids is 1. The third-order valence-corrected chi connectivity index (χ3v) is 6.78. The molecule has 30 heavy (non-hydrogen) atoms. The van der Waals surface area contributed by atoms with E-state index in [2.05, 4.69) is 28.8 Å². The molecule has 0 saturated carbocycles. The van der Waals surface area contributed by atoms with Gasteiger partial charge in [-0.05, 0) is 46.6 Å². The number of benzene rings is 2. The lowest BCUT2D eigenvalue weighted by molar-refractivity contribution is -0.150. The average Bonchev–Trinajstić information content (AvgIpc) is 3.32. The Balaban J connectivity index is 1.58. The zero-order valence-corrected chi connectivity index (χ0v) is 16.9. The molecule has 0 aromatic heterocycles. The highest BCUT2D eigenvalue weighted by molar-refractivity contribution is 6.09. The summed E-state index contributed by atoms with van der Waals surface area (Å²) in [7, 11) is 0. The zero-order chi connectivity index (χ0) is 21.2. The maximum absolute atomic E-state index is 12.7. The van der Waals surface area contributed by atoms with E-state index in [4.69, 9.17) is 0 Å². The molecular weight excluding hydrogens is 380 g/mol. The van der Waals surface area contributed by atoms with E-state index < -0.39 is 41.2 Å². The van der Waals surface area contributed by atoms with E-state index >= 15 is 0 Å². The first-order valence-corrected chi connectivity index (χ1v) is 10.4. The van der Waals surface area contributed by atoms with Gasteiger partial charge in [-0.15, -0.1) is 0 Å². The third kappa shape index (κ3) is 2.56. The number of imide groups is 1. The van der Waals surface area contributed by atoms with E-state index in [9.17, 15) is 19.5 Å². The fourth-order valence-electron chi connectivity index (χ4n) is 5.69. The van der Waals surface area contributed by atoms with Crippen LogP contribution in [0.25, 0.3) is 11.1 Å². The van der Waals surface area contributed by atoms with Crippen molar-refractivity contribution in [3.63, 3.8) is 0 Å². The first kappa shape index (κ1) is 19.0. The minimum Gasteiger partial charge on any atom is -0.480 e. The Hall–Kier alpha value is -2.99. The standard InChI is InChI=1S/C24H24N2O4/c1-12(2)11-24(23(29)30)19-18(21(27)25-22(19)28)20(26-24)14-7-8-17-15(10-14)9-13-5-3-4-6-16(13)17/h3-8,10,12,18-20,26H,9,11H2,1-2H3,(H,29,30)(H,25,27,28).